The van der Waals surface area contributed by atoms with Crippen molar-refractivity contribution in [3.05, 3.63) is 78.3 Å². The van der Waals surface area contributed by atoms with Crippen LogP contribution in [-0.4, -0.2) is 10.7 Å². The molecule has 2 aromatic carbocycles. The molecule has 0 saturated carbocycles. The molecule has 4 rings (SSSR count). The third-order valence-corrected chi connectivity index (χ3v) is 6.11. The second-order valence-corrected chi connectivity index (χ2v) is 9.09. The summed E-state index contributed by atoms with van der Waals surface area (Å²) in [6.07, 6.45) is 0. The second-order valence-electron chi connectivity index (χ2n) is 6.47. The van der Waals surface area contributed by atoms with E-state index in [1.54, 1.807) is 6.07 Å². The number of aromatic nitrogens is 1. The van der Waals surface area contributed by atoms with Gasteiger partial charge in [-0.25, -0.2) is 9.78 Å². The number of fused-ring (bicyclic) bond motifs is 1. The number of benzene rings is 2. The Hall–Kier alpha value is -2.29. The van der Waals surface area contributed by atoms with E-state index in [2.05, 4.69) is 47.4 Å². The smallest absolute Gasteiger partial charge is 0.345 e. The summed E-state index contributed by atoms with van der Waals surface area (Å²) in [5.41, 5.74) is 7.09. The minimum atomic E-state index is -0.434. The Morgan fingerprint density at radius 2 is 1.93 bits per heavy atom. The molecule has 0 bridgehead atoms. The van der Waals surface area contributed by atoms with Gasteiger partial charge in [0.05, 0.1) is 21.4 Å². The number of halogens is 2. The zero-order valence-electron chi connectivity index (χ0n) is 15.5. The molecule has 0 atom stereocenters. The van der Waals surface area contributed by atoms with Crippen molar-refractivity contribution >= 4 is 65.0 Å². The van der Waals surface area contributed by atoms with E-state index in [1.165, 1.54) is 16.9 Å². The third kappa shape index (κ3) is 4.34. The van der Waals surface area contributed by atoms with Gasteiger partial charge in [-0.1, -0.05) is 45.8 Å². The standard InChI is InChI=1S/C21H15Br2N3O2S/c1-11-3-5-13(6-4-11)12(2)25-26-21-24-18(10-29-21)16-8-14-7-15(22)9-17(23)19(14)28-20(16)27/h3-10H,1-2H3,(H,24,26)/b25-12+. The predicted molar refractivity (Wildman–Crippen MR) is 126 cm³/mol. The molecular weight excluding hydrogens is 518 g/mol. The topological polar surface area (TPSA) is 67.5 Å². The van der Waals surface area contributed by atoms with E-state index >= 15 is 0 Å². The molecule has 0 aliphatic carbocycles. The number of hydrogen-bond donors (Lipinski definition) is 1. The number of thiazole rings is 1. The van der Waals surface area contributed by atoms with Gasteiger partial charge in [-0.2, -0.15) is 5.10 Å². The molecule has 4 aromatic rings. The molecule has 0 radical (unpaired) electrons. The highest BCUT2D eigenvalue weighted by Gasteiger charge is 2.13. The van der Waals surface area contributed by atoms with Gasteiger partial charge in [0.2, 0.25) is 5.13 Å². The largest absolute Gasteiger partial charge is 0.421 e. The lowest BCUT2D eigenvalue weighted by Gasteiger charge is -2.03. The Balaban J connectivity index is 1.62. The van der Waals surface area contributed by atoms with Crippen LogP contribution >= 0.6 is 43.2 Å². The van der Waals surface area contributed by atoms with Crippen LogP contribution < -0.4 is 11.1 Å². The lowest BCUT2D eigenvalue weighted by atomic mass is 10.1. The van der Waals surface area contributed by atoms with Gasteiger partial charge >= 0.3 is 5.63 Å². The maximum absolute atomic E-state index is 12.5. The average Bonchev–Trinajstić information content (AvgIpc) is 3.15. The summed E-state index contributed by atoms with van der Waals surface area (Å²) in [6, 6.07) is 13.7. The summed E-state index contributed by atoms with van der Waals surface area (Å²) in [6.45, 7) is 3.98. The molecule has 0 spiro atoms. The van der Waals surface area contributed by atoms with Crippen molar-refractivity contribution in [1.29, 1.82) is 0 Å². The number of aryl methyl sites for hydroxylation is 1. The van der Waals surface area contributed by atoms with E-state index < -0.39 is 5.63 Å². The summed E-state index contributed by atoms with van der Waals surface area (Å²) >= 11 is 8.25. The highest BCUT2D eigenvalue weighted by molar-refractivity contribution is 9.11. The molecule has 146 valence electrons. The quantitative estimate of drug-likeness (QED) is 0.183. The van der Waals surface area contributed by atoms with Gasteiger partial charge in [0.15, 0.2) is 5.58 Å². The predicted octanol–water partition coefficient (Wildman–Crippen LogP) is 6.59. The number of nitrogens with one attached hydrogen (secondary N) is 1. The minimum Gasteiger partial charge on any atom is -0.421 e. The minimum absolute atomic E-state index is 0.408. The van der Waals surface area contributed by atoms with E-state index in [-0.39, 0.29) is 0 Å². The number of anilines is 1. The van der Waals surface area contributed by atoms with Crippen LogP contribution in [0.2, 0.25) is 0 Å². The Morgan fingerprint density at radius 3 is 2.69 bits per heavy atom. The van der Waals surface area contributed by atoms with Crippen LogP contribution in [0, 0.1) is 6.92 Å². The van der Waals surface area contributed by atoms with Gasteiger partial charge in [0.1, 0.15) is 0 Å². The Kier molecular flexibility index (Phi) is 5.67. The Morgan fingerprint density at radius 1 is 1.17 bits per heavy atom. The van der Waals surface area contributed by atoms with Crippen LogP contribution in [0.3, 0.4) is 0 Å². The Labute approximate surface area is 187 Å². The maximum atomic E-state index is 12.5. The molecule has 2 aromatic heterocycles. The molecular formula is C21H15Br2N3O2S. The van der Waals surface area contributed by atoms with Gasteiger partial charge in [0.25, 0.3) is 0 Å². The van der Waals surface area contributed by atoms with Crippen LogP contribution in [0.4, 0.5) is 5.13 Å². The number of rotatable bonds is 4. The van der Waals surface area contributed by atoms with Crippen LogP contribution in [0.15, 0.2) is 71.1 Å². The zero-order chi connectivity index (χ0) is 20.5. The lowest BCUT2D eigenvalue weighted by molar-refractivity contribution is 0.561. The van der Waals surface area contributed by atoms with Gasteiger partial charge in [-0.15, -0.1) is 11.3 Å². The first-order valence-electron chi connectivity index (χ1n) is 8.67. The third-order valence-electron chi connectivity index (χ3n) is 4.32. The van der Waals surface area contributed by atoms with E-state index in [4.69, 9.17) is 4.42 Å². The molecule has 0 aliphatic heterocycles. The highest BCUT2D eigenvalue weighted by Crippen LogP contribution is 2.31. The number of nitrogens with zero attached hydrogens (tertiary/aromatic N) is 2. The molecule has 29 heavy (non-hydrogen) atoms. The van der Waals surface area contributed by atoms with Crippen molar-refractivity contribution in [3.63, 3.8) is 0 Å². The van der Waals surface area contributed by atoms with E-state index in [0.29, 0.717) is 26.4 Å². The normalized spacial score (nSPS) is 11.8. The summed E-state index contributed by atoms with van der Waals surface area (Å²) in [4.78, 5) is 17.0. The van der Waals surface area contributed by atoms with Crippen LogP contribution in [0.25, 0.3) is 22.2 Å². The summed E-state index contributed by atoms with van der Waals surface area (Å²) in [5, 5.41) is 7.61. The van der Waals surface area contributed by atoms with Crippen LogP contribution in [0.1, 0.15) is 18.1 Å². The SMILES string of the molecule is C/C(=N\Nc1nc(-c2cc3cc(Br)cc(Br)c3oc2=O)cs1)c1ccc(C)cc1. The van der Waals surface area contributed by atoms with Crippen molar-refractivity contribution in [2.75, 3.05) is 5.43 Å². The van der Waals surface area contributed by atoms with Crippen molar-refractivity contribution in [2.24, 2.45) is 5.10 Å². The molecule has 0 amide bonds. The summed E-state index contributed by atoms with van der Waals surface area (Å²) < 4.78 is 7.10. The molecule has 1 N–H and O–H groups in total. The van der Waals surface area contributed by atoms with Crippen molar-refractivity contribution < 1.29 is 4.42 Å². The Bertz CT molecular complexity index is 1290. The zero-order valence-corrected chi connectivity index (χ0v) is 19.5. The fraction of sp³-hybridized carbons (Fsp3) is 0.0952. The van der Waals surface area contributed by atoms with Crippen LogP contribution in [-0.2, 0) is 0 Å². The molecule has 2 heterocycles. The van der Waals surface area contributed by atoms with Gasteiger partial charge in [-0.05, 0) is 53.5 Å². The molecule has 0 unspecified atom stereocenters. The summed E-state index contributed by atoms with van der Waals surface area (Å²) in [7, 11) is 0. The van der Waals surface area contributed by atoms with E-state index in [1.807, 2.05) is 55.6 Å². The molecule has 0 aliphatic rings. The first kappa shape index (κ1) is 20.0. The molecule has 8 heteroatoms. The van der Waals surface area contributed by atoms with Crippen molar-refractivity contribution in [3.8, 4) is 11.3 Å². The molecule has 0 fully saturated rings. The monoisotopic (exact) mass is 531 g/mol. The van der Waals surface area contributed by atoms with Crippen molar-refractivity contribution in [1.82, 2.24) is 4.98 Å². The highest BCUT2D eigenvalue weighted by atomic mass is 79.9. The second kappa shape index (κ2) is 8.22. The fourth-order valence-corrected chi connectivity index (χ4v) is 4.77. The number of hydrazone groups is 1. The molecule has 0 saturated heterocycles. The first-order valence-corrected chi connectivity index (χ1v) is 11.1. The lowest BCUT2D eigenvalue weighted by Crippen LogP contribution is -2.03. The van der Waals surface area contributed by atoms with E-state index in [0.717, 1.165) is 21.1 Å². The number of hydrogen-bond acceptors (Lipinski definition) is 6. The molecule has 5 nitrogen and oxygen atoms in total. The first-order chi connectivity index (χ1) is 13.9. The van der Waals surface area contributed by atoms with E-state index in [9.17, 15) is 4.79 Å². The van der Waals surface area contributed by atoms with Gasteiger partial charge in [0, 0.05) is 15.2 Å². The van der Waals surface area contributed by atoms with Crippen LogP contribution in [0.5, 0.6) is 0 Å². The summed E-state index contributed by atoms with van der Waals surface area (Å²) in [5.74, 6) is 0. The fourth-order valence-electron chi connectivity index (χ4n) is 2.78. The average molecular weight is 533 g/mol. The van der Waals surface area contributed by atoms with Crippen molar-refractivity contribution in [2.45, 2.75) is 13.8 Å². The maximum Gasteiger partial charge on any atom is 0.345 e. The van der Waals surface area contributed by atoms with Gasteiger partial charge < -0.3 is 4.42 Å². The van der Waals surface area contributed by atoms with Gasteiger partial charge in [-0.3, -0.25) is 5.43 Å².